The molecule has 3 rings (SSSR count). The van der Waals surface area contributed by atoms with Crippen molar-refractivity contribution < 1.29 is 9.59 Å². The molecule has 1 aliphatic heterocycles. The lowest BCUT2D eigenvalue weighted by molar-refractivity contribution is -0.113. The molecule has 34 heavy (non-hydrogen) atoms. The predicted molar refractivity (Wildman–Crippen MR) is 140 cm³/mol. The van der Waals surface area contributed by atoms with E-state index in [9.17, 15) is 9.59 Å². The van der Waals surface area contributed by atoms with Crippen LogP contribution in [0, 0.1) is 0 Å². The first-order chi connectivity index (χ1) is 16.1. The average Bonchev–Trinajstić information content (AvgIpc) is 3.11. The van der Waals surface area contributed by atoms with Gasteiger partial charge < -0.3 is 15.5 Å². The summed E-state index contributed by atoms with van der Waals surface area (Å²) in [5, 5.41) is 0.562. The smallest absolute Gasteiger partial charge is 0.339 e. The van der Waals surface area contributed by atoms with Gasteiger partial charge in [-0.05, 0) is 63.5 Å². The fourth-order valence-corrected chi connectivity index (χ4v) is 3.68. The minimum atomic E-state index is -0.334. The molecule has 2 N–H and O–H groups in total. The summed E-state index contributed by atoms with van der Waals surface area (Å²) in [6.07, 6.45) is 3.34. The van der Waals surface area contributed by atoms with Crippen molar-refractivity contribution in [1.82, 2.24) is 4.90 Å². The topological polar surface area (TPSA) is 85.5 Å². The number of amides is 3. The summed E-state index contributed by atoms with van der Waals surface area (Å²) in [4.78, 5) is 37.1. The number of hydrogen-bond acceptors (Lipinski definition) is 5. The number of urea groups is 1. The molecule has 0 unspecified atom stereocenters. The second-order valence-electron chi connectivity index (χ2n) is 8.09. The Morgan fingerprint density at radius 1 is 1.09 bits per heavy atom. The van der Waals surface area contributed by atoms with Gasteiger partial charge in [-0.25, -0.2) is 9.69 Å². The molecule has 2 aromatic carbocycles. The number of hydrogen-bond donors (Lipinski definition) is 1. The number of anilines is 3. The summed E-state index contributed by atoms with van der Waals surface area (Å²) >= 11 is 6.04. The van der Waals surface area contributed by atoms with Gasteiger partial charge in [0, 0.05) is 43.1 Å². The van der Waals surface area contributed by atoms with Crippen LogP contribution in [0.15, 0.2) is 77.1 Å². The normalized spacial score (nSPS) is 16.8. The zero-order chi connectivity index (χ0) is 25.0. The van der Waals surface area contributed by atoms with E-state index in [1.165, 1.54) is 20.8 Å². The Morgan fingerprint density at radius 2 is 1.76 bits per heavy atom. The number of halogens is 1. The van der Waals surface area contributed by atoms with Crippen molar-refractivity contribution in [2.45, 2.75) is 6.92 Å². The standard InChI is InChI=1S/C25H29ClN6O2/c1-17(27)23-24(28-2)32(25(34)31(23)19-13-11-18(26)12-14-19)21-9-6-8-20(16-21)30(5)22(33)10-7-15-29(3)4/h6-14,16H,15,27H2,1-5H3/b10-7+,23-17-,28-24+. The van der Waals surface area contributed by atoms with Crippen LogP contribution in [-0.4, -0.2) is 57.4 Å². The van der Waals surface area contributed by atoms with Crippen LogP contribution in [-0.2, 0) is 4.79 Å². The van der Waals surface area contributed by atoms with Gasteiger partial charge in [0.15, 0.2) is 5.84 Å². The molecule has 0 radical (unpaired) electrons. The van der Waals surface area contributed by atoms with Gasteiger partial charge in [-0.2, -0.15) is 0 Å². The molecule has 178 valence electrons. The fraction of sp³-hybridized carbons (Fsp3) is 0.240. The number of carbonyl (C=O) groups excluding carboxylic acids is 2. The number of benzene rings is 2. The largest absolute Gasteiger partial charge is 0.400 e. The number of likely N-dealkylation sites (N-methyl/N-ethyl adjacent to an activating group) is 2. The molecule has 1 aliphatic rings. The molecule has 0 atom stereocenters. The molecule has 9 heteroatoms. The van der Waals surface area contributed by atoms with E-state index in [1.54, 1.807) is 69.6 Å². The van der Waals surface area contributed by atoms with Crippen LogP contribution in [0.1, 0.15) is 6.92 Å². The third kappa shape index (κ3) is 5.13. The Labute approximate surface area is 205 Å². The number of rotatable bonds is 6. The molecular weight excluding hydrogens is 452 g/mol. The quantitative estimate of drug-likeness (QED) is 0.631. The third-order valence-electron chi connectivity index (χ3n) is 5.24. The minimum absolute atomic E-state index is 0.169. The van der Waals surface area contributed by atoms with Gasteiger partial charge in [0.1, 0.15) is 5.70 Å². The number of amidine groups is 1. The third-order valence-corrected chi connectivity index (χ3v) is 5.49. The summed E-state index contributed by atoms with van der Waals surface area (Å²) < 4.78 is 0. The maximum atomic E-state index is 13.6. The SMILES string of the molecule is C/N=C1\C(=C(/C)N)N(c2ccc(Cl)cc2)C(=O)N1c1cccc(N(C)C(=O)/C=C/CN(C)C)c1. The lowest BCUT2D eigenvalue weighted by Crippen LogP contribution is -2.33. The first-order valence-corrected chi connectivity index (χ1v) is 11.1. The molecule has 8 nitrogen and oxygen atoms in total. The van der Waals surface area contributed by atoms with Crippen LogP contribution in [0.4, 0.5) is 21.9 Å². The first-order valence-electron chi connectivity index (χ1n) is 10.7. The molecule has 1 saturated heterocycles. The van der Waals surface area contributed by atoms with E-state index in [1.807, 2.05) is 25.1 Å². The summed E-state index contributed by atoms with van der Waals surface area (Å²) in [6.45, 7) is 2.38. The van der Waals surface area contributed by atoms with Gasteiger partial charge in [-0.3, -0.25) is 14.7 Å². The molecular formula is C25H29ClN6O2. The summed E-state index contributed by atoms with van der Waals surface area (Å²) in [6, 6.07) is 13.8. The maximum absolute atomic E-state index is 13.6. The number of nitrogens with two attached hydrogens (primary N) is 1. The van der Waals surface area contributed by atoms with Crippen molar-refractivity contribution in [3.05, 3.63) is 77.1 Å². The molecule has 0 aromatic heterocycles. The zero-order valence-corrected chi connectivity index (χ0v) is 20.7. The van der Waals surface area contributed by atoms with Crippen molar-refractivity contribution in [2.75, 3.05) is 49.4 Å². The van der Waals surface area contributed by atoms with Gasteiger partial charge in [-0.15, -0.1) is 0 Å². The number of carbonyl (C=O) groups is 2. The van der Waals surface area contributed by atoms with Gasteiger partial charge in [0.25, 0.3) is 0 Å². The van der Waals surface area contributed by atoms with Crippen LogP contribution in [0.3, 0.4) is 0 Å². The molecule has 3 amide bonds. The maximum Gasteiger partial charge on any atom is 0.339 e. The van der Waals surface area contributed by atoms with E-state index >= 15 is 0 Å². The van der Waals surface area contributed by atoms with Crippen molar-refractivity contribution in [3.63, 3.8) is 0 Å². The zero-order valence-electron chi connectivity index (χ0n) is 20.0. The molecule has 2 aromatic rings. The van der Waals surface area contributed by atoms with E-state index in [2.05, 4.69) is 4.99 Å². The van der Waals surface area contributed by atoms with Crippen LogP contribution in [0.25, 0.3) is 0 Å². The second-order valence-corrected chi connectivity index (χ2v) is 8.53. The van der Waals surface area contributed by atoms with Crippen molar-refractivity contribution >= 4 is 46.4 Å². The van der Waals surface area contributed by atoms with Gasteiger partial charge in [-0.1, -0.05) is 23.7 Å². The molecule has 1 fully saturated rings. The minimum Gasteiger partial charge on any atom is -0.400 e. The molecule has 0 saturated carbocycles. The number of nitrogens with zero attached hydrogens (tertiary/aromatic N) is 5. The Kier molecular flexibility index (Phi) is 7.75. The van der Waals surface area contributed by atoms with Crippen LogP contribution < -0.4 is 20.4 Å². The molecule has 0 bridgehead atoms. The summed E-state index contributed by atoms with van der Waals surface area (Å²) in [5.41, 5.74) is 8.96. The van der Waals surface area contributed by atoms with E-state index in [4.69, 9.17) is 17.3 Å². The first kappa shape index (κ1) is 25.0. The highest BCUT2D eigenvalue weighted by atomic mass is 35.5. The predicted octanol–water partition coefficient (Wildman–Crippen LogP) is 4.09. The number of allylic oxidation sites excluding steroid dienone is 1. The number of aliphatic imine (C=N–C) groups is 1. The highest BCUT2D eigenvalue weighted by molar-refractivity contribution is 6.36. The molecule has 1 heterocycles. The van der Waals surface area contributed by atoms with Crippen molar-refractivity contribution in [2.24, 2.45) is 10.7 Å². The Morgan fingerprint density at radius 3 is 2.35 bits per heavy atom. The van der Waals surface area contributed by atoms with Gasteiger partial charge in [0.2, 0.25) is 5.91 Å². The monoisotopic (exact) mass is 480 g/mol. The fourth-order valence-electron chi connectivity index (χ4n) is 3.56. The van der Waals surface area contributed by atoms with Gasteiger partial charge >= 0.3 is 6.03 Å². The molecule has 0 aliphatic carbocycles. The Balaban J connectivity index is 2.00. The second kappa shape index (κ2) is 10.5. The van der Waals surface area contributed by atoms with Gasteiger partial charge in [0.05, 0.1) is 11.4 Å². The summed E-state index contributed by atoms with van der Waals surface area (Å²) in [7, 11) is 7.17. The van der Waals surface area contributed by atoms with Crippen molar-refractivity contribution in [1.29, 1.82) is 0 Å². The summed E-state index contributed by atoms with van der Waals surface area (Å²) in [5.74, 6) is 0.245. The van der Waals surface area contributed by atoms with E-state index in [-0.39, 0.29) is 11.9 Å². The lowest BCUT2D eigenvalue weighted by Gasteiger charge is -2.21. The van der Waals surface area contributed by atoms with Crippen LogP contribution >= 0.6 is 11.6 Å². The van der Waals surface area contributed by atoms with Crippen LogP contribution in [0.2, 0.25) is 5.02 Å². The van der Waals surface area contributed by atoms with E-state index in [0.717, 1.165) is 0 Å². The van der Waals surface area contributed by atoms with E-state index in [0.29, 0.717) is 45.9 Å². The highest BCUT2D eigenvalue weighted by Crippen LogP contribution is 2.35. The van der Waals surface area contributed by atoms with Crippen molar-refractivity contribution in [3.8, 4) is 0 Å². The lowest BCUT2D eigenvalue weighted by atomic mass is 10.2. The average molecular weight is 481 g/mol. The van der Waals surface area contributed by atoms with Crippen LogP contribution in [0.5, 0.6) is 0 Å². The highest BCUT2D eigenvalue weighted by Gasteiger charge is 2.42. The Bertz CT molecular complexity index is 1170. The molecule has 0 spiro atoms. The Hall–Kier alpha value is -3.62. The van der Waals surface area contributed by atoms with E-state index < -0.39 is 0 Å².